The normalized spacial score (nSPS) is 10.8. The van der Waals surface area contributed by atoms with Crippen molar-refractivity contribution in [2.75, 3.05) is 19.7 Å². The Hall–Kier alpha value is -1.33. The van der Waals surface area contributed by atoms with Crippen LogP contribution in [0.1, 0.15) is 19.0 Å². The third-order valence-corrected chi connectivity index (χ3v) is 3.58. The second-order valence-electron chi connectivity index (χ2n) is 4.91. The molecule has 0 saturated heterocycles. The maximum absolute atomic E-state index is 5.72. The minimum Gasteiger partial charge on any atom is -0.492 e. The number of halogens is 1. The van der Waals surface area contributed by atoms with Gasteiger partial charge in [-0.1, -0.05) is 28.9 Å². The molecule has 0 spiro atoms. The summed E-state index contributed by atoms with van der Waals surface area (Å²) in [5.74, 6) is 0.883. The van der Waals surface area contributed by atoms with Gasteiger partial charge >= 0.3 is 0 Å². The molecule has 2 rings (SSSR count). The van der Waals surface area contributed by atoms with E-state index in [-0.39, 0.29) is 0 Å². The molecule has 0 bridgehead atoms. The smallest absolute Gasteiger partial charge is 0.120 e. The maximum atomic E-state index is 5.72. The molecule has 21 heavy (non-hydrogen) atoms. The summed E-state index contributed by atoms with van der Waals surface area (Å²) in [7, 11) is 0. The first-order valence-electron chi connectivity index (χ1n) is 7.37. The van der Waals surface area contributed by atoms with E-state index in [9.17, 15) is 0 Å². The zero-order chi connectivity index (χ0) is 14.9. The summed E-state index contributed by atoms with van der Waals surface area (Å²) >= 11 is 3.44. The molecule has 2 aromatic rings. The molecule has 5 heteroatoms. The molecule has 0 amide bonds. The number of rotatable bonds is 9. The Labute approximate surface area is 134 Å². The molecule has 0 radical (unpaired) electrons. The van der Waals surface area contributed by atoms with Crippen LogP contribution in [-0.2, 0) is 13.0 Å². The molecular weight excluding hydrogens is 330 g/mol. The summed E-state index contributed by atoms with van der Waals surface area (Å²) in [5, 5.41) is 3.38. The van der Waals surface area contributed by atoms with Crippen LogP contribution in [0.5, 0.6) is 5.75 Å². The van der Waals surface area contributed by atoms with Crippen LogP contribution in [0.4, 0.5) is 0 Å². The predicted molar refractivity (Wildman–Crippen MR) is 88.7 cm³/mol. The van der Waals surface area contributed by atoms with Crippen molar-refractivity contribution < 1.29 is 4.74 Å². The monoisotopic (exact) mass is 351 g/mol. The molecule has 4 nitrogen and oxygen atoms in total. The zero-order valence-corrected chi connectivity index (χ0v) is 14.0. The van der Waals surface area contributed by atoms with Gasteiger partial charge in [0.05, 0.1) is 18.6 Å². The first-order valence-corrected chi connectivity index (χ1v) is 8.17. The Morgan fingerprint density at radius 1 is 1.33 bits per heavy atom. The van der Waals surface area contributed by atoms with Gasteiger partial charge in [-0.2, -0.15) is 0 Å². The van der Waals surface area contributed by atoms with E-state index in [0.29, 0.717) is 6.61 Å². The Balaban J connectivity index is 1.70. The van der Waals surface area contributed by atoms with Crippen molar-refractivity contribution in [2.45, 2.75) is 26.3 Å². The number of nitrogens with zero attached hydrogens (tertiary/aromatic N) is 2. The summed E-state index contributed by atoms with van der Waals surface area (Å²) in [4.78, 5) is 4.41. The first kappa shape index (κ1) is 16.0. The summed E-state index contributed by atoms with van der Waals surface area (Å²) in [6, 6.07) is 7.89. The van der Waals surface area contributed by atoms with Crippen LogP contribution >= 0.6 is 15.9 Å². The number of benzene rings is 1. The van der Waals surface area contributed by atoms with Crippen LogP contribution in [0.3, 0.4) is 0 Å². The van der Waals surface area contributed by atoms with Crippen molar-refractivity contribution in [3.05, 3.63) is 47.0 Å². The van der Waals surface area contributed by atoms with Crippen molar-refractivity contribution >= 4 is 15.9 Å². The minimum atomic E-state index is 0.639. The molecule has 0 unspecified atom stereocenters. The van der Waals surface area contributed by atoms with E-state index < -0.39 is 0 Å². The van der Waals surface area contributed by atoms with Crippen molar-refractivity contribution in [3.63, 3.8) is 0 Å². The molecular formula is C16H22BrN3O. The SMILES string of the molecule is CCCNCCc1cn(CCOc2cccc(Br)c2)cn1. The van der Waals surface area contributed by atoms with Crippen LogP contribution in [0.25, 0.3) is 0 Å². The van der Waals surface area contributed by atoms with Gasteiger partial charge in [-0.15, -0.1) is 0 Å². The topological polar surface area (TPSA) is 39.1 Å². The molecule has 1 aromatic carbocycles. The summed E-state index contributed by atoms with van der Waals surface area (Å²) in [5.41, 5.74) is 1.13. The van der Waals surface area contributed by atoms with E-state index in [0.717, 1.165) is 42.0 Å². The predicted octanol–water partition coefficient (Wildman–Crippen LogP) is 3.27. The number of ether oxygens (including phenoxy) is 1. The molecule has 0 aliphatic heterocycles. The lowest BCUT2D eigenvalue weighted by Gasteiger charge is -2.06. The minimum absolute atomic E-state index is 0.639. The molecule has 0 aliphatic rings. The third-order valence-electron chi connectivity index (χ3n) is 3.09. The van der Waals surface area contributed by atoms with Crippen molar-refractivity contribution in [2.24, 2.45) is 0 Å². The van der Waals surface area contributed by atoms with Gasteiger partial charge in [0.15, 0.2) is 0 Å². The van der Waals surface area contributed by atoms with Crippen LogP contribution in [0.15, 0.2) is 41.3 Å². The Kier molecular flexibility index (Phi) is 6.76. The lowest BCUT2D eigenvalue weighted by Crippen LogP contribution is -2.17. The number of imidazole rings is 1. The fourth-order valence-electron chi connectivity index (χ4n) is 2.00. The van der Waals surface area contributed by atoms with Crippen LogP contribution in [-0.4, -0.2) is 29.2 Å². The Morgan fingerprint density at radius 2 is 2.24 bits per heavy atom. The molecule has 0 atom stereocenters. The van der Waals surface area contributed by atoms with Crippen molar-refractivity contribution in [3.8, 4) is 5.75 Å². The van der Waals surface area contributed by atoms with Crippen LogP contribution in [0, 0.1) is 0 Å². The standard InChI is InChI=1S/C16H22BrN3O/c1-2-7-18-8-6-15-12-20(13-19-15)9-10-21-16-5-3-4-14(17)11-16/h3-5,11-13,18H,2,6-10H2,1H3. The molecule has 1 heterocycles. The van der Waals surface area contributed by atoms with Crippen LogP contribution < -0.4 is 10.1 Å². The summed E-state index contributed by atoms with van der Waals surface area (Å²) in [6.07, 6.45) is 6.11. The van der Waals surface area contributed by atoms with Gasteiger partial charge in [0.2, 0.25) is 0 Å². The second kappa shape index (κ2) is 8.85. The number of nitrogens with one attached hydrogen (secondary N) is 1. The van der Waals surface area contributed by atoms with Crippen LogP contribution in [0.2, 0.25) is 0 Å². The lowest BCUT2D eigenvalue weighted by molar-refractivity contribution is 0.298. The average Bonchev–Trinajstić information content (AvgIpc) is 2.92. The first-order chi connectivity index (χ1) is 10.3. The average molecular weight is 352 g/mol. The lowest BCUT2D eigenvalue weighted by atomic mass is 10.3. The highest BCUT2D eigenvalue weighted by atomic mass is 79.9. The number of hydrogen-bond acceptors (Lipinski definition) is 3. The molecule has 0 saturated carbocycles. The van der Waals surface area contributed by atoms with Gasteiger partial charge < -0.3 is 14.6 Å². The third kappa shape index (κ3) is 5.89. The molecule has 114 valence electrons. The Morgan fingerprint density at radius 3 is 3.05 bits per heavy atom. The van der Waals surface area contributed by atoms with Gasteiger partial charge in [0.25, 0.3) is 0 Å². The van der Waals surface area contributed by atoms with Gasteiger partial charge in [-0.05, 0) is 31.2 Å². The second-order valence-corrected chi connectivity index (χ2v) is 5.82. The molecule has 0 aliphatic carbocycles. The highest BCUT2D eigenvalue weighted by Crippen LogP contribution is 2.17. The van der Waals surface area contributed by atoms with E-state index in [1.807, 2.05) is 30.6 Å². The van der Waals surface area contributed by atoms with E-state index in [4.69, 9.17) is 4.74 Å². The van der Waals surface area contributed by atoms with E-state index in [2.05, 4.69) is 43.9 Å². The van der Waals surface area contributed by atoms with Gasteiger partial charge in [0, 0.05) is 23.6 Å². The highest BCUT2D eigenvalue weighted by molar-refractivity contribution is 9.10. The summed E-state index contributed by atoms with van der Waals surface area (Å²) < 4.78 is 8.83. The summed E-state index contributed by atoms with van der Waals surface area (Å²) in [6.45, 7) is 5.68. The van der Waals surface area contributed by atoms with Gasteiger partial charge in [-0.25, -0.2) is 4.98 Å². The molecule has 1 aromatic heterocycles. The zero-order valence-electron chi connectivity index (χ0n) is 12.4. The van der Waals surface area contributed by atoms with Crippen molar-refractivity contribution in [1.29, 1.82) is 0 Å². The highest BCUT2D eigenvalue weighted by Gasteiger charge is 2.00. The van der Waals surface area contributed by atoms with Gasteiger partial charge in [-0.3, -0.25) is 0 Å². The molecule has 1 N–H and O–H groups in total. The van der Waals surface area contributed by atoms with E-state index >= 15 is 0 Å². The quantitative estimate of drug-likeness (QED) is 0.704. The largest absolute Gasteiger partial charge is 0.492 e. The molecule has 0 fully saturated rings. The fraction of sp³-hybridized carbons (Fsp3) is 0.438. The fourth-order valence-corrected chi connectivity index (χ4v) is 2.38. The van der Waals surface area contributed by atoms with Gasteiger partial charge in [0.1, 0.15) is 12.4 Å². The number of hydrogen-bond donors (Lipinski definition) is 1. The van der Waals surface area contributed by atoms with E-state index in [1.54, 1.807) is 0 Å². The van der Waals surface area contributed by atoms with Crippen molar-refractivity contribution in [1.82, 2.24) is 14.9 Å². The maximum Gasteiger partial charge on any atom is 0.120 e. The Bertz CT molecular complexity index is 542. The number of aromatic nitrogens is 2. The van der Waals surface area contributed by atoms with E-state index in [1.165, 1.54) is 6.42 Å².